The fraction of sp³-hybridized carbons (Fsp3) is 0.929. The normalized spacial score (nSPS) is 25.1. The molecule has 0 bridgehead atoms. The molecule has 0 aromatic heterocycles. The van der Waals surface area contributed by atoms with Crippen LogP contribution < -0.4 is 5.32 Å². The standard InChI is InChI=1S/C14H26N2O2/c1-3-16(9-10-18-4-2)13(17)12-11-14(12)5-7-15-8-6-14/h12,15H,3-11H2,1-2H3. The zero-order valence-electron chi connectivity index (χ0n) is 11.7. The van der Waals surface area contributed by atoms with Gasteiger partial charge in [0.2, 0.25) is 5.91 Å². The fourth-order valence-electron chi connectivity index (χ4n) is 3.14. The van der Waals surface area contributed by atoms with Crippen LogP contribution in [0.3, 0.4) is 0 Å². The van der Waals surface area contributed by atoms with Crippen LogP contribution in [0, 0.1) is 11.3 Å². The molecule has 18 heavy (non-hydrogen) atoms. The van der Waals surface area contributed by atoms with E-state index >= 15 is 0 Å². The molecule has 1 aliphatic heterocycles. The smallest absolute Gasteiger partial charge is 0.226 e. The van der Waals surface area contributed by atoms with E-state index in [1.165, 1.54) is 12.8 Å². The summed E-state index contributed by atoms with van der Waals surface area (Å²) in [5.41, 5.74) is 0.349. The molecule has 0 radical (unpaired) electrons. The van der Waals surface area contributed by atoms with Crippen molar-refractivity contribution in [2.75, 3.05) is 39.4 Å². The van der Waals surface area contributed by atoms with Crippen LogP contribution in [0.5, 0.6) is 0 Å². The summed E-state index contributed by atoms with van der Waals surface area (Å²) in [4.78, 5) is 14.4. The number of hydrogen-bond acceptors (Lipinski definition) is 3. The largest absolute Gasteiger partial charge is 0.380 e. The molecule has 1 unspecified atom stereocenters. The van der Waals surface area contributed by atoms with Gasteiger partial charge in [-0.3, -0.25) is 4.79 Å². The van der Waals surface area contributed by atoms with Gasteiger partial charge in [-0.15, -0.1) is 0 Å². The van der Waals surface area contributed by atoms with Crippen molar-refractivity contribution in [3.8, 4) is 0 Å². The molecule has 2 rings (SSSR count). The molecule has 1 saturated heterocycles. The average Bonchev–Trinajstić information content (AvgIpc) is 3.08. The van der Waals surface area contributed by atoms with E-state index < -0.39 is 0 Å². The molecule has 2 fully saturated rings. The van der Waals surface area contributed by atoms with Crippen molar-refractivity contribution in [1.82, 2.24) is 10.2 Å². The maximum Gasteiger partial charge on any atom is 0.226 e. The molecule has 1 spiro atoms. The van der Waals surface area contributed by atoms with Crippen LogP contribution in [-0.4, -0.2) is 50.2 Å². The number of amides is 1. The first-order valence-electron chi connectivity index (χ1n) is 7.31. The monoisotopic (exact) mass is 254 g/mol. The lowest BCUT2D eigenvalue weighted by atomic mass is 9.91. The summed E-state index contributed by atoms with van der Waals surface area (Å²) in [7, 11) is 0. The number of carbonyl (C=O) groups is 1. The summed E-state index contributed by atoms with van der Waals surface area (Å²) >= 11 is 0. The second-order valence-electron chi connectivity index (χ2n) is 5.48. The molecule has 4 heteroatoms. The van der Waals surface area contributed by atoms with E-state index in [9.17, 15) is 4.79 Å². The van der Waals surface area contributed by atoms with Crippen LogP contribution in [0.1, 0.15) is 33.1 Å². The maximum absolute atomic E-state index is 12.5. The predicted molar refractivity (Wildman–Crippen MR) is 71.4 cm³/mol. The van der Waals surface area contributed by atoms with E-state index in [2.05, 4.69) is 12.2 Å². The van der Waals surface area contributed by atoms with Crippen molar-refractivity contribution in [2.24, 2.45) is 11.3 Å². The molecule has 1 saturated carbocycles. The minimum absolute atomic E-state index is 0.293. The molecule has 2 aliphatic rings. The van der Waals surface area contributed by atoms with E-state index in [1.807, 2.05) is 11.8 Å². The topological polar surface area (TPSA) is 41.6 Å². The molecule has 0 aromatic rings. The van der Waals surface area contributed by atoms with Crippen LogP contribution >= 0.6 is 0 Å². The first-order chi connectivity index (χ1) is 8.73. The lowest BCUT2D eigenvalue weighted by Gasteiger charge is -2.26. The lowest BCUT2D eigenvalue weighted by Crippen LogP contribution is -2.38. The number of piperidine rings is 1. The molecule has 0 aromatic carbocycles. The molecule has 1 heterocycles. The zero-order chi connectivity index (χ0) is 13.0. The molecule has 104 valence electrons. The Balaban J connectivity index is 1.82. The van der Waals surface area contributed by atoms with Crippen LogP contribution in [0.4, 0.5) is 0 Å². The highest BCUT2D eigenvalue weighted by molar-refractivity contribution is 5.82. The van der Waals surface area contributed by atoms with Gasteiger partial charge in [-0.2, -0.15) is 0 Å². The fourth-order valence-corrected chi connectivity index (χ4v) is 3.14. The highest BCUT2D eigenvalue weighted by Crippen LogP contribution is 2.59. The predicted octanol–water partition coefficient (Wildman–Crippen LogP) is 1.26. The third kappa shape index (κ3) is 2.86. The van der Waals surface area contributed by atoms with E-state index in [0.717, 1.165) is 39.2 Å². The highest BCUT2D eigenvalue weighted by atomic mass is 16.5. The molecule has 4 nitrogen and oxygen atoms in total. The van der Waals surface area contributed by atoms with Crippen LogP contribution in [0.25, 0.3) is 0 Å². The minimum Gasteiger partial charge on any atom is -0.380 e. The molecule has 1 aliphatic carbocycles. The number of rotatable bonds is 6. The summed E-state index contributed by atoms with van der Waals surface area (Å²) in [6, 6.07) is 0. The summed E-state index contributed by atoms with van der Waals surface area (Å²) < 4.78 is 5.35. The number of nitrogens with zero attached hydrogens (tertiary/aromatic N) is 1. The maximum atomic E-state index is 12.5. The molecular weight excluding hydrogens is 228 g/mol. The Kier molecular flexibility index (Phi) is 4.62. The first-order valence-corrected chi connectivity index (χ1v) is 7.31. The van der Waals surface area contributed by atoms with Crippen LogP contribution in [0.15, 0.2) is 0 Å². The third-order valence-corrected chi connectivity index (χ3v) is 4.49. The summed E-state index contributed by atoms with van der Waals surface area (Å²) in [6.07, 6.45) is 3.46. The van der Waals surface area contributed by atoms with Crippen molar-refractivity contribution in [3.05, 3.63) is 0 Å². The zero-order valence-corrected chi connectivity index (χ0v) is 11.7. The van der Waals surface area contributed by atoms with Crippen molar-refractivity contribution >= 4 is 5.91 Å². The second kappa shape index (κ2) is 6.02. The quantitative estimate of drug-likeness (QED) is 0.726. The van der Waals surface area contributed by atoms with Crippen LogP contribution in [0.2, 0.25) is 0 Å². The molecule has 1 N–H and O–H groups in total. The number of carbonyl (C=O) groups excluding carboxylic acids is 1. The minimum atomic E-state index is 0.293. The lowest BCUT2D eigenvalue weighted by molar-refractivity contribution is -0.134. The van der Waals surface area contributed by atoms with Crippen molar-refractivity contribution in [2.45, 2.75) is 33.1 Å². The van der Waals surface area contributed by atoms with E-state index in [4.69, 9.17) is 4.74 Å². The van der Waals surface area contributed by atoms with E-state index in [-0.39, 0.29) is 0 Å². The van der Waals surface area contributed by atoms with Gasteiger partial charge in [0.15, 0.2) is 0 Å². The number of ether oxygens (including phenoxy) is 1. The Morgan fingerprint density at radius 3 is 2.72 bits per heavy atom. The Hall–Kier alpha value is -0.610. The van der Waals surface area contributed by atoms with Gasteiger partial charge in [-0.25, -0.2) is 0 Å². The second-order valence-corrected chi connectivity index (χ2v) is 5.48. The summed E-state index contributed by atoms with van der Waals surface area (Å²) in [5, 5.41) is 3.38. The van der Waals surface area contributed by atoms with Gasteiger partial charge in [0, 0.05) is 25.6 Å². The van der Waals surface area contributed by atoms with Crippen molar-refractivity contribution in [3.63, 3.8) is 0 Å². The molecule has 1 amide bonds. The van der Waals surface area contributed by atoms with Gasteiger partial charge >= 0.3 is 0 Å². The van der Waals surface area contributed by atoms with Gasteiger partial charge in [-0.1, -0.05) is 0 Å². The van der Waals surface area contributed by atoms with E-state index in [1.54, 1.807) is 0 Å². The van der Waals surface area contributed by atoms with Gasteiger partial charge in [-0.05, 0) is 51.6 Å². The summed E-state index contributed by atoms with van der Waals surface area (Å²) in [5.74, 6) is 0.653. The van der Waals surface area contributed by atoms with E-state index in [0.29, 0.717) is 23.8 Å². The number of likely N-dealkylation sites (N-methyl/N-ethyl adjacent to an activating group) is 1. The average molecular weight is 254 g/mol. The highest BCUT2D eigenvalue weighted by Gasteiger charge is 2.58. The Morgan fingerprint density at radius 1 is 1.39 bits per heavy atom. The van der Waals surface area contributed by atoms with Crippen LogP contribution in [-0.2, 0) is 9.53 Å². The SMILES string of the molecule is CCOCCN(CC)C(=O)C1CC12CCNCC2. The van der Waals surface area contributed by atoms with Gasteiger partial charge in [0.25, 0.3) is 0 Å². The Morgan fingerprint density at radius 2 is 2.11 bits per heavy atom. The first kappa shape index (κ1) is 13.8. The van der Waals surface area contributed by atoms with Gasteiger partial charge in [0.05, 0.1) is 6.61 Å². The van der Waals surface area contributed by atoms with Gasteiger partial charge < -0.3 is 15.0 Å². The Labute approximate surface area is 110 Å². The summed E-state index contributed by atoms with van der Waals surface area (Å²) in [6.45, 7) is 9.14. The Bertz CT molecular complexity index is 288. The van der Waals surface area contributed by atoms with Gasteiger partial charge in [0.1, 0.15) is 0 Å². The number of nitrogens with one attached hydrogen (secondary N) is 1. The third-order valence-electron chi connectivity index (χ3n) is 4.49. The number of hydrogen-bond donors (Lipinski definition) is 1. The van der Waals surface area contributed by atoms with Crippen molar-refractivity contribution < 1.29 is 9.53 Å². The van der Waals surface area contributed by atoms with Crippen molar-refractivity contribution in [1.29, 1.82) is 0 Å². The molecule has 1 atom stereocenters. The molecular formula is C14H26N2O2.